The summed E-state index contributed by atoms with van der Waals surface area (Å²) in [7, 11) is 0. The summed E-state index contributed by atoms with van der Waals surface area (Å²) < 4.78 is 15.6. The zero-order valence-electron chi connectivity index (χ0n) is 36.6. The average Bonchev–Trinajstić information content (AvgIpc) is 4.04. The Morgan fingerprint density at radius 1 is 0.631 bits per heavy atom. The van der Waals surface area contributed by atoms with Crippen molar-refractivity contribution in [1.82, 2.24) is 5.32 Å². The molecule has 65 heavy (non-hydrogen) atoms. The number of aliphatic imine (C=N–C) groups is 1. The molecule has 3 aromatic heterocycles. The fourth-order valence-corrected chi connectivity index (χ4v) is 10.0. The lowest BCUT2D eigenvalue weighted by Crippen LogP contribution is -2.27. The maximum Gasteiger partial charge on any atom is 0.145 e. The Morgan fingerprint density at radius 2 is 1.31 bits per heavy atom. The molecule has 0 saturated heterocycles. The van der Waals surface area contributed by atoms with Gasteiger partial charge in [0.2, 0.25) is 0 Å². The smallest absolute Gasteiger partial charge is 0.145 e. The molecule has 0 fully saturated rings. The van der Waals surface area contributed by atoms with Crippen molar-refractivity contribution in [2.45, 2.75) is 33.4 Å². The Hall–Kier alpha value is -7.80. The number of amidine groups is 1. The Kier molecular flexibility index (Phi) is 11.3. The van der Waals surface area contributed by atoms with Crippen LogP contribution in [0.1, 0.15) is 48.7 Å². The third-order valence-corrected chi connectivity index (χ3v) is 13.2. The summed E-state index contributed by atoms with van der Waals surface area (Å²) in [4.78, 5) is 4.48. The third kappa shape index (κ3) is 7.94. The van der Waals surface area contributed by atoms with Crippen molar-refractivity contribution in [2.24, 2.45) is 4.99 Å². The molecule has 11 aromatic rings. The molecule has 0 aliphatic rings. The number of benzene rings is 8. The molecule has 0 aliphatic carbocycles. The van der Waals surface area contributed by atoms with Crippen LogP contribution in [0, 0.1) is 12.3 Å². The average molecular weight is 862 g/mol. The number of hydrogen-bond donors (Lipinski definition) is 2. The first kappa shape index (κ1) is 41.2. The SMILES string of the molecule is C=NC(NC(=N)c1ccc(C(/C=C\C)=C/CC)cc1)c1cccc2oc3ccc(-c4cccc5oc6cc(-c7ccc8c(c7)sc7ccccc78)ccc6c45)cc3c12.Cc1ccccc1. The van der Waals surface area contributed by atoms with Crippen LogP contribution in [0.4, 0.5) is 0 Å². The number of fused-ring (bicyclic) bond motifs is 9. The molecular formula is C59H47N3O2S. The van der Waals surface area contributed by atoms with Gasteiger partial charge in [-0.3, -0.25) is 10.4 Å². The minimum Gasteiger partial charge on any atom is -0.456 e. The lowest BCUT2D eigenvalue weighted by atomic mass is 9.96. The van der Waals surface area contributed by atoms with Crippen molar-refractivity contribution in [1.29, 1.82) is 5.41 Å². The van der Waals surface area contributed by atoms with Gasteiger partial charge in [-0.15, -0.1) is 11.3 Å². The fourth-order valence-electron chi connectivity index (χ4n) is 8.89. The Morgan fingerprint density at radius 3 is 2.06 bits per heavy atom. The van der Waals surface area contributed by atoms with Crippen LogP contribution >= 0.6 is 11.3 Å². The molecular weight excluding hydrogens is 815 g/mol. The molecule has 5 nitrogen and oxygen atoms in total. The molecule has 0 bridgehead atoms. The van der Waals surface area contributed by atoms with E-state index in [1.54, 1.807) is 0 Å². The predicted molar refractivity (Wildman–Crippen MR) is 278 cm³/mol. The first-order valence-electron chi connectivity index (χ1n) is 22.0. The number of aryl methyl sites for hydroxylation is 1. The molecule has 0 radical (unpaired) electrons. The summed E-state index contributed by atoms with van der Waals surface area (Å²) in [5.41, 5.74) is 12.9. The van der Waals surface area contributed by atoms with Gasteiger partial charge in [0, 0.05) is 52.8 Å². The highest BCUT2D eigenvalue weighted by atomic mass is 32.1. The van der Waals surface area contributed by atoms with Gasteiger partial charge in [-0.1, -0.05) is 152 Å². The van der Waals surface area contributed by atoms with Crippen LogP contribution in [0.15, 0.2) is 202 Å². The zero-order chi connectivity index (χ0) is 44.4. The van der Waals surface area contributed by atoms with E-state index in [1.165, 1.54) is 36.9 Å². The summed E-state index contributed by atoms with van der Waals surface area (Å²) in [6, 6.07) is 58.8. The van der Waals surface area contributed by atoms with Crippen LogP contribution in [0.5, 0.6) is 0 Å². The monoisotopic (exact) mass is 861 g/mol. The fraction of sp³-hybridized carbons (Fsp3) is 0.0847. The first-order valence-corrected chi connectivity index (χ1v) is 22.8. The van der Waals surface area contributed by atoms with E-state index in [9.17, 15) is 0 Å². The van der Waals surface area contributed by atoms with Crippen LogP contribution in [0.2, 0.25) is 0 Å². The van der Waals surface area contributed by atoms with Crippen molar-refractivity contribution in [3.05, 3.63) is 210 Å². The molecule has 3 heterocycles. The number of nitrogens with one attached hydrogen (secondary N) is 2. The minimum absolute atomic E-state index is 0.267. The number of hydrogen-bond acceptors (Lipinski definition) is 5. The Labute approximate surface area is 382 Å². The van der Waals surface area contributed by atoms with E-state index in [0.717, 1.165) is 83.7 Å². The van der Waals surface area contributed by atoms with Gasteiger partial charge in [0.1, 0.15) is 34.3 Å². The van der Waals surface area contributed by atoms with E-state index in [0.29, 0.717) is 0 Å². The van der Waals surface area contributed by atoms with Gasteiger partial charge in [-0.2, -0.15) is 0 Å². The van der Waals surface area contributed by atoms with Gasteiger partial charge in [0.25, 0.3) is 0 Å². The summed E-state index contributed by atoms with van der Waals surface area (Å²) in [6.07, 6.45) is 6.74. The summed E-state index contributed by atoms with van der Waals surface area (Å²) in [5, 5.41) is 19.0. The van der Waals surface area contributed by atoms with Crippen molar-refractivity contribution in [3.8, 4) is 22.3 Å². The van der Waals surface area contributed by atoms with Crippen LogP contribution in [-0.4, -0.2) is 12.6 Å². The number of rotatable bonds is 9. The molecule has 6 heteroatoms. The molecule has 0 amide bonds. The zero-order valence-corrected chi connectivity index (χ0v) is 37.4. The highest BCUT2D eigenvalue weighted by molar-refractivity contribution is 7.25. The predicted octanol–water partition coefficient (Wildman–Crippen LogP) is 16.9. The van der Waals surface area contributed by atoms with Crippen molar-refractivity contribution in [3.63, 3.8) is 0 Å². The lowest BCUT2D eigenvalue weighted by Gasteiger charge is -2.18. The van der Waals surface area contributed by atoms with Gasteiger partial charge >= 0.3 is 0 Å². The number of thiophene rings is 1. The molecule has 1 unspecified atom stereocenters. The van der Waals surface area contributed by atoms with Gasteiger partial charge in [0.15, 0.2) is 0 Å². The van der Waals surface area contributed by atoms with Crippen molar-refractivity contribution >= 4 is 93.5 Å². The number of allylic oxidation sites excluding steroid dienone is 4. The van der Waals surface area contributed by atoms with Crippen molar-refractivity contribution in [2.75, 3.05) is 0 Å². The van der Waals surface area contributed by atoms with Gasteiger partial charge < -0.3 is 14.2 Å². The quantitative estimate of drug-likeness (QED) is 0.0862. The maximum atomic E-state index is 9.02. The highest BCUT2D eigenvalue weighted by Gasteiger charge is 2.21. The van der Waals surface area contributed by atoms with E-state index in [2.05, 4.69) is 152 Å². The number of furan rings is 2. The Bertz CT molecular complexity index is 3630. The van der Waals surface area contributed by atoms with Gasteiger partial charge in [-0.25, -0.2) is 0 Å². The summed E-state index contributed by atoms with van der Waals surface area (Å²) in [5.74, 6) is 0.267. The van der Waals surface area contributed by atoms with Crippen LogP contribution in [0.3, 0.4) is 0 Å². The maximum absolute atomic E-state index is 9.02. The second-order valence-electron chi connectivity index (χ2n) is 16.2. The standard InChI is InChI=1S/C52H39N3O2S.C7H8/c1-4-10-31(11-5-2)32-18-20-33(21-19-32)51(53)55-52(54-3)41-14-9-16-45-50(41)42-28-36(24-27-43(42)56-45)37-13-8-15-44-49(37)40-26-23-34(29-46(40)57-44)35-22-25-39-38-12-6-7-17-47(38)58-48(39)30-35;1-7-5-3-2-4-6-7/h4,6-30,52H,3,5H2,1-2H3,(H2,53,55);2-6H,1H3/b10-4-,31-11+;. The number of nitrogens with zero attached hydrogens (tertiary/aromatic N) is 1. The highest BCUT2D eigenvalue weighted by Crippen LogP contribution is 2.42. The third-order valence-electron chi connectivity index (χ3n) is 12.0. The molecule has 316 valence electrons. The molecule has 0 saturated carbocycles. The topological polar surface area (TPSA) is 74.5 Å². The van der Waals surface area contributed by atoms with E-state index in [4.69, 9.17) is 14.2 Å². The van der Waals surface area contributed by atoms with Crippen LogP contribution in [0.25, 0.3) is 91.9 Å². The van der Waals surface area contributed by atoms with Gasteiger partial charge in [0.05, 0.1) is 0 Å². The summed E-state index contributed by atoms with van der Waals surface area (Å²) in [6.45, 7) is 10.2. The van der Waals surface area contributed by atoms with Gasteiger partial charge in [-0.05, 0) is 109 Å². The summed E-state index contributed by atoms with van der Waals surface area (Å²) >= 11 is 1.83. The first-order chi connectivity index (χ1) is 31.9. The minimum atomic E-state index is -0.575. The second kappa shape index (κ2) is 17.8. The molecule has 0 aliphatic heterocycles. The molecule has 0 spiro atoms. The normalized spacial score (nSPS) is 12.4. The van der Waals surface area contributed by atoms with Crippen molar-refractivity contribution < 1.29 is 8.83 Å². The molecule has 8 aromatic carbocycles. The largest absolute Gasteiger partial charge is 0.456 e. The second-order valence-corrected chi connectivity index (χ2v) is 17.3. The van der Waals surface area contributed by atoms with Crippen LogP contribution in [-0.2, 0) is 0 Å². The van der Waals surface area contributed by atoms with E-state index in [1.807, 2.05) is 85.0 Å². The Balaban J connectivity index is 0.000000652. The van der Waals surface area contributed by atoms with Crippen LogP contribution < -0.4 is 5.32 Å². The molecule has 1 atom stereocenters. The molecule has 2 N–H and O–H groups in total. The molecule has 11 rings (SSSR count). The van der Waals surface area contributed by atoms with E-state index >= 15 is 0 Å². The van der Waals surface area contributed by atoms with E-state index < -0.39 is 6.17 Å². The van der Waals surface area contributed by atoms with E-state index in [-0.39, 0.29) is 5.84 Å². The lowest BCUT2D eigenvalue weighted by molar-refractivity contribution is 0.664.